The van der Waals surface area contributed by atoms with Gasteiger partial charge < -0.3 is 9.64 Å². The number of ether oxygens (including phenoxy) is 1. The molecular formula is C24H31FN4O2. The number of aromatic amines is 1. The summed E-state index contributed by atoms with van der Waals surface area (Å²) in [5, 5.41) is 7.44. The number of allylic oxidation sites excluding steroid dienone is 6. The van der Waals surface area contributed by atoms with Crippen LogP contribution in [0.5, 0.6) is 0 Å². The van der Waals surface area contributed by atoms with Gasteiger partial charge in [-0.15, -0.1) is 0 Å². The van der Waals surface area contributed by atoms with Crippen LogP contribution < -0.4 is 0 Å². The molecule has 0 atom stereocenters. The zero-order chi connectivity index (χ0) is 22.4. The number of aromatic nitrogens is 2. The molecule has 1 saturated heterocycles. The van der Waals surface area contributed by atoms with Gasteiger partial charge in [-0.2, -0.15) is 5.10 Å². The maximum Gasteiger partial charge on any atom is 0.214 e. The molecule has 0 spiro atoms. The lowest BCUT2D eigenvalue weighted by Crippen LogP contribution is -2.51. The molecular weight excluding hydrogens is 395 g/mol. The smallest absolute Gasteiger partial charge is 0.214 e. The van der Waals surface area contributed by atoms with Crippen molar-refractivity contribution in [3.63, 3.8) is 0 Å². The molecule has 1 aromatic heterocycles. The minimum absolute atomic E-state index is 0.230. The van der Waals surface area contributed by atoms with Crippen molar-refractivity contribution in [2.24, 2.45) is 0 Å². The van der Waals surface area contributed by atoms with E-state index in [9.17, 15) is 9.18 Å². The number of methoxy groups -OCH3 is 1. The molecule has 2 heterocycles. The largest absolute Gasteiger partial charge is 0.376 e. The minimum atomic E-state index is -0.420. The van der Waals surface area contributed by atoms with Crippen LogP contribution in [-0.2, 0) is 22.5 Å². The average Bonchev–Trinajstić information content (AvgIpc) is 3.05. The number of hydrogen-bond donors (Lipinski definition) is 1. The molecule has 1 aliphatic carbocycles. The molecule has 31 heavy (non-hydrogen) atoms. The number of halogens is 1. The quantitative estimate of drug-likeness (QED) is 0.480. The standard InChI is InChI=1S/C24H31FN4O2/c1-18(2)5-6-19(3)29(17-30)16-24(31-4)11-13-28(14-12-24)15-23-21-9-7-20(25)8-10-22(21)26-27-23/h5-8,10,17H,1,3,9,11-16H2,2,4H3,(H,26,27)/b6-5-. The predicted molar refractivity (Wildman–Crippen MR) is 121 cm³/mol. The maximum atomic E-state index is 13.5. The summed E-state index contributed by atoms with van der Waals surface area (Å²) < 4.78 is 19.4. The molecule has 1 aliphatic heterocycles. The fraction of sp³-hybridized carbons (Fsp3) is 0.417. The van der Waals surface area contributed by atoms with Gasteiger partial charge in [-0.25, -0.2) is 4.39 Å². The molecule has 0 saturated carbocycles. The molecule has 0 aromatic carbocycles. The van der Waals surface area contributed by atoms with Crippen molar-refractivity contribution in [2.75, 3.05) is 26.7 Å². The predicted octanol–water partition coefficient (Wildman–Crippen LogP) is 3.92. The lowest BCUT2D eigenvalue weighted by atomic mass is 9.90. The first kappa shape index (κ1) is 22.9. The minimum Gasteiger partial charge on any atom is -0.376 e. The number of nitrogens with zero attached hydrogens (tertiary/aromatic N) is 3. The van der Waals surface area contributed by atoms with Crippen molar-refractivity contribution in [3.05, 3.63) is 71.5 Å². The first-order valence-corrected chi connectivity index (χ1v) is 10.5. The van der Waals surface area contributed by atoms with E-state index in [0.717, 1.165) is 61.4 Å². The van der Waals surface area contributed by atoms with Gasteiger partial charge in [0.15, 0.2) is 0 Å². The lowest BCUT2D eigenvalue weighted by molar-refractivity contribution is -0.123. The fourth-order valence-electron chi connectivity index (χ4n) is 3.96. The third kappa shape index (κ3) is 5.68. The first-order valence-electron chi connectivity index (χ1n) is 10.5. The molecule has 0 radical (unpaired) electrons. The molecule has 0 bridgehead atoms. The van der Waals surface area contributed by atoms with Crippen LogP contribution in [0, 0.1) is 0 Å². The van der Waals surface area contributed by atoms with Crippen LogP contribution in [0.1, 0.15) is 36.7 Å². The van der Waals surface area contributed by atoms with Crippen LogP contribution in [0.25, 0.3) is 6.08 Å². The zero-order valence-corrected chi connectivity index (χ0v) is 18.4. The number of fused-ring (bicyclic) bond motifs is 1. The Hall–Kier alpha value is -2.77. The summed E-state index contributed by atoms with van der Waals surface area (Å²) in [6.07, 6.45) is 11.3. The van der Waals surface area contributed by atoms with Gasteiger partial charge in [0.1, 0.15) is 5.83 Å². The van der Waals surface area contributed by atoms with Gasteiger partial charge in [0.05, 0.1) is 23.5 Å². The van der Waals surface area contributed by atoms with E-state index in [1.165, 1.54) is 6.08 Å². The summed E-state index contributed by atoms with van der Waals surface area (Å²) in [5.74, 6) is -0.230. The number of nitrogens with one attached hydrogen (secondary N) is 1. The van der Waals surface area contributed by atoms with E-state index >= 15 is 0 Å². The van der Waals surface area contributed by atoms with Crippen LogP contribution in [0.15, 0.2) is 54.6 Å². The Morgan fingerprint density at radius 1 is 1.35 bits per heavy atom. The van der Waals surface area contributed by atoms with Crippen LogP contribution in [0.4, 0.5) is 4.39 Å². The highest BCUT2D eigenvalue weighted by Gasteiger charge is 2.37. The van der Waals surface area contributed by atoms with Crippen LogP contribution in [0.3, 0.4) is 0 Å². The number of carbonyl (C=O) groups excluding carboxylic acids is 1. The summed E-state index contributed by atoms with van der Waals surface area (Å²) in [6, 6.07) is 0. The van der Waals surface area contributed by atoms with Crippen molar-refractivity contribution < 1.29 is 13.9 Å². The van der Waals surface area contributed by atoms with Crippen molar-refractivity contribution in [3.8, 4) is 0 Å². The third-order valence-corrected chi connectivity index (χ3v) is 5.98. The van der Waals surface area contributed by atoms with E-state index in [4.69, 9.17) is 4.74 Å². The molecule has 3 rings (SSSR count). The Labute approximate surface area is 183 Å². The average molecular weight is 427 g/mol. The molecule has 7 heteroatoms. The normalized spacial score (nSPS) is 18.4. The van der Waals surface area contributed by atoms with Crippen molar-refractivity contribution in [1.29, 1.82) is 0 Å². The number of carbonyl (C=O) groups is 1. The summed E-state index contributed by atoms with van der Waals surface area (Å²) in [4.78, 5) is 15.6. The van der Waals surface area contributed by atoms with Crippen molar-refractivity contribution >= 4 is 12.5 Å². The number of likely N-dealkylation sites (tertiary alicyclic amines) is 1. The van der Waals surface area contributed by atoms with Gasteiger partial charge >= 0.3 is 0 Å². The van der Waals surface area contributed by atoms with Crippen LogP contribution in [-0.4, -0.2) is 58.8 Å². The Morgan fingerprint density at radius 2 is 2.10 bits per heavy atom. The molecule has 1 N–H and O–H groups in total. The maximum absolute atomic E-state index is 13.5. The van der Waals surface area contributed by atoms with Crippen LogP contribution >= 0.6 is 0 Å². The van der Waals surface area contributed by atoms with Crippen molar-refractivity contribution in [2.45, 2.75) is 38.3 Å². The Balaban J connectivity index is 1.62. The first-order chi connectivity index (χ1) is 14.9. The van der Waals surface area contributed by atoms with Gasteiger partial charge in [-0.05, 0) is 50.5 Å². The summed E-state index contributed by atoms with van der Waals surface area (Å²) in [7, 11) is 1.70. The second-order valence-electron chi connectivity index (χ2n) is 8.26. The van der Waals surface area contributed by atoms with Gasteiger partial charge in [0.2, 0.25) is 6.41 Å². The molecule has 0 unspecified atom stereocenters. The highest BCUT2D eigenvalue weighted by Crippen LogP contribution is 2.29. The van der Waals surface area contributed by atoms with Crippen LogP contribution in [0.2, 0.25) is 0 Å². The third-order valence-electron chi connectivity index (χ3n) is 5.98. The SMILES string of the molecule is C=C(C)/C=C\C(=C)N(C=O)CC1(OC)CCN(Cc2[nH]nc3c2CC=C(F)C=C3)CC1. The summed E-state index contributed by atoms with van der Waals surface area (Å²) in [6.45, 7) is 12.5. The number of amides is 1. The zero-order valence-electron chi connectivity index (χ0n) is 18.4. The number of H-pyrrole nitrogens is 1. The number of hydrogen-bond acceptors (Lipinski definition) is 4. The van der Waals surface area contributed by atoms with E-state index in [-0.39, 0.29) is 5.83 Å². The van der Waals surface area contributed by atoms with E-state index in [2.05, 4.69) is 28.3 Å². The monoisotopic (exact) mass is 426 g/mol. The van der Waals surface area contributed by atoms with E-state index in [0.29, 0.717) is 18.7 Å². The Bertz CT molecular complexity index is 920. The summed E-state index contributed by atoms with van der Waals surface area (Å²) >= 11 is 0. The Kier molecular flexibility index (Phi) is 7.41. The van der Waals surface area contributed by atoms with Gasteiger partial charge in [0, 0.05) is 38.0 Å². The van der Waals surface area contributed by atoms with Gasteiger partial charge in [-0.3, -0.25) is 14.8 Å². The van der Waals surface area contributed by atoms with Gasteiger partial charge in [-0.1, -0.05) is 24.8 Å². The summed E-state index contributed by atoms with van der Waals surface area (Å²) in [5.41, 5.74) is 3.95. The molecule has 6 nitrogen and oxygen atoms in total. The molecule has 1 fully saturated rings. The molecule has 2 aliphatic rings. The Morgan fingerprint density at radius 3 is 2.74 bits per heavy atom. The molecule has 166 valence electrons. The fourth-order valence-corrected chi connectivity index (χ4v) is 3.96. The second kappa shape index (κ2) is 10.0. The van der Waals surface area contributed by atoms with Gasteiger partial charge in [0.25, 0.3) is 0 Å². The lowest BCUT2D eigenvalue weighted by Gasteiger charge is -2.42. The van der Waals surface area contributed by atoms with E-state index < -0.39 is 5.60 Å². The molecule has 1 amide bonds. The number of piperidine rings is 1. The second-order valence-corrected chi connectivity index (χ2v) is 8.26. The highest BCUT2D eigenvalue weighted by molar-refractivity contribution is 5.56. The number of rotatable bonds is 9. The van der Waals surface area contributed by atoms with E-state index in [1.54, 1.807) is 30.2 Å². The topological polar surface area (TPSA) is 61.5 Å². The van der Waals surface area contributed by atoms with E-state index in [1.807, 2.05) is 13.0 Å². The molecule has 1 aromatic rings. The van der Waals surface area contributed by atoms with Crippen molar-refractivity contribution in [1.82, 2.24) is 20.0 Å². The highest BCUT2D eigenvalue weighted by atomic mass is 19.1.